The van der Waals surface area contributed by atoms with Crippen LogP contribution in [0.1, 0.15) is 284 Å². The second kappa shape index (κ2) is 50.2. The molecule has 0 saturated carbocycles. The molecule has 0 aromatic rings. The Balaban J connectivity index is 3.64. The molecule has 0 fully saturated rings. The van der Waals surface area contributed by atoms with Gasteiger partial charge >= 0.3 is 0 Å². The van der Waals surface area contributed by atoms with Gasteiger partial charge in [0.05, 0.1) is 31.3 Å². The van der Waals surface area contributed by atoms with Crippen LogP contribution in [-0.4, -0.2) is 46.1 Å². The first-order valence-corrected chi connectivity index (χ1v) is 26.8. The molecule has 0 aliphatic rings. The van der Waals surface area contributed by atoms with E-state index in [1.165, 1.54) is 212 Å². The molecule has 0 bridgehead atoms. The summed E-state index contributed by atoms with van der Waals surface area (Å²) in [5, 5.41) is 33.4. The summed E-state index contributed by atoms with van der Waals surface area (Å²) in [5.74, 6) is -0.327. The van der Waals surface area contributed by atoms with Gasteiger partial charge in [-0.05, 0) is 57.8 Å². The number of amides is 1. The summed E-state index contributed by atoms with van der Waals surface area (Å²) >= 11 is 0. The van der Waals surface area contributed by atoms with E-state index in [1.54, 1.807) is 6.08 Å². The fourth-order valence-electron chi connectivity index (χ4n) is 8.29. The van der Waals surface area contributed by atoms with Crippen LogP contribution >= 0.6 is 0 Å². The summed E-state index contributed by atoms with van der Waals surface area (Å²) < 4.78 is 0. The van der Waals surface area contributed by atoms with Crippen molar-refractivity contribution in [1.29, 1.82) is 0 Å². The van der Waals surface area contributed by atoms with Crippen LogP contribution in [0.4, 0.5) is 0 Å². The van der Waals surface area contributed by atoms with Crippen LogP contribution in [0.15, 0.2) is 36.5 Å². The second-order valence-corrected chi connectivity index (χ2v) is 18.5. The molecule has 5 heteroatoms. The summed E-state index contributed by atoms with van der Waals surface area (Å²) in [5.41, 5.74) is 0. The molecule has 60 heavy (non-hydrogen) atoms. The van der Waals surface area contributed by atoms with E-state index in [1.807, 2.05) is 6.08 Å². The highest BCUT2D eigenvalue weighted by molar-refractivity contribution is 5.76. The molecule has 1 amide bonds. The zero-order valence-electron chi connectivity index (χ0n) is 40.4. The Morgan fingerprint density at radius 3 is 1.07 bits per heavy atom. The largest absolute Gasteiger partial charge is 0.394 e. The first-order chi connectivity index (χ1) is 29.5. The molecule has 0 heterocycles. The number of aliphatic hydroxyl groups excluding tert-OH is 3. The summed E-state index contributed by atoms with van der Waals surface area (Å²) in [6.07, 6.45) is 64.7. The van der Waals surface area contributed by atoms with Crippen molar-refractivity contribution in [3.05, 3.63) is 36.5 Å². The maximum absolute atomic E-state index is 12.5. The molecule has 0 aromatic carbocycles. The predicted molar refractivity (Wildman–Crippen MR) is 264 cm³/mol. The van der Waals surface area contributed by atoms with E-state index in [9.17, 15) is 20.1 Å². The van der Waals surface area contributed by atoms with Crippen LogP contribution < -0.4 is 5.32 Å². The van der Waals surface area contributed by atoms with Crippen LogP contribution in [0.25, 0.3) is 0 Å². The van der Waals surface area contributed by atoms with Gasteiger partial charge in [0.2, 0.25) is 5.91 Å². The van der Waals surface area contributed by atoms with Gasteiger partial charge in [-0.3, -0.25) is 4.79 Å². The van der Waals surface area contributed by atoms with Gasteiger partial charge < -0.3 is 20.6 Å². The first kappa shape index (κ1) is 58.6. The third kappa shape index (κ3) is 46.1. The van der Waals surface area contributed by atoms with Crippen LogP contribution in [0, 0.1) is 0 Å². The molecule has 0 aliphatic carbocycles. The Kier molecular flexibility index (Phi) is 49.0. The van der Waals surface area contributed by atoms with Crippen molar-refractivity contribution >= 4 is 5.91 Å². The van der Waals surface area contributed by atoms with Crippen molar-refractivity contribution < 1.29 is 20.1 Å². The third-order valence-electron chi connectivity index (χ3n) is 12.4. The summed E-state index contributed by atoms with van der Waals surface area (Å²) in [6.45, 7) is 4.23. The van der Waals surface area contributed by atoms with Crippen molar-refractivity contribution in [3.8, 4) is 0 Å². The molecular weight excluding hydrogens is 739 g/mol. The van der Waals surface area contributed by atoms with E-state index in [-0.39, 0.29) is 18.9 Å². The number of carbonyl (C=O) groups is 1. The molecule has 354 valence electrons. The molecule has 3 unspecified atom stereocenters. The lowest BCUT2D eigenvalue weighted by Gasteiger charge is -2.20. The van der Waals surface area contributed by atoms with Gasteiger partial charge in [0.15, 0.2) is 0 Å². The molecule has 0 spiro atoms. The number of unbranched alkanes of at least 4 members (excludes halogenated alkanes) is 36. The van der Waals surface area contributed by atoms with Gasteiger partial charge in [-0.15, -0.1) is 0 Å². The summed E-state index contributed by atoms with van der Waals surface area (Å²) in [4.78, 5) is 12.5. The lowest BCUT2D eigenvalue weighted by Crippen LogP contribution is -2.45. The lowest BCUT2D eigenvalue weighted by molar-refractivity contribution is -0.124. The fourth-order valence-corrected chi connectivity index (χ4v) is 8.29. The Bertz CT molecular complexity index is 931. The number of hydrogen-bond donors (Lipinski definition) is 4. The molecule has 0 radical (unpaired) electrons. The topological polar surface area (TPSA) is 89.8 Å². The first-order valence-electron chi connectivity index (χ1n) is 26.8. The van der Waals surface area contributed by atoms with E-state index >= 15 is 0 Å². The molecule has 4 N–H and O–H groups in total. The van der Waals surface area contributed by atoms with E-state index < -0.39 is 18.2 Å². The van der Waals surface area contributed by atoms with Crippen molar-refractivity contribution in [1.82, 2.24) is 5.32 Å². The summed E-state index contributed by atoms with van der Waals surface area (Å²) in [6, 6.07) is -0.764. The second-order valence-electron chi connectivity index (χ2n) is 18.5. The predicted octanol–water partition coefficient (Wildman–Crippen LogP) is 16.3. The highest BCUT2D eigenvalue weighted by Crippen LogP contribution is 2.16. The van der Waals surface area contributed by atoms with Gasteiger partial charge in [0, 0.05) is 0 Å². The van der Waals surface area contributed by atoms with Crippen molar-refractivity contribution in [2.45, 2.75) is 302 Å². The van der Waals surface area contributed by atoms with Crippen LogP contribution in [-0.2, 0) is 4.79 Å². The Hall–Kier alpha value is -1.43. The van der Waals surface area contributed by atoms with Crippen molar-refractivity contribution in [3.63, 3.8) is 0 Å². The van der Waals surface area contributed by atoms with Gasteiger partial charge in [0.25, 0.3) is 0 Å². The Morgan fingerprint density at radius 2 is 0.717 bits per heavy atom. The maximum atomic E-state index is 12.5. The number of allylic oxidation sites excluding steroid dienone is 5. The van der Waals surface area contributed by atoms with Gasteiger partial charge in [0.1, 0.15) is 0 Å². The standard InChI is InChI=1S/C55H105NO4/c1-3-5-7-9-11-13-15-17-19-21-23-25-26-27-28-29-31-33-35-37-39-41-43-45-47-49-54(59)53(51-57)56-55(60)50-52(58)48-46-44-42-40-38-36-34-32-30-24-22-20-18-16-14-12-10-8-6-4-2/h32,34,39,41,47,49,52-54,57-59H,3-31,33,35-38,40,42-46,48,50-51H2,1-2H3,(H,56,60)/b34-32-,41-39+,49-47+. The van der Waals surface area contributed by atoms with Crippen molar-refractivity contribution in [2.75, 3.05) is 6.61 Å². The highest BCUT2D eigenvalue weighted by atomic mass is 16.3. The van der Waals surface area contributed by atoms with E-state index in [4.69, 9.17) is 0 Å². The number of aliphatic hydroxyl groups is 3. The Morgan fingerprint density at radius 1 is 0.417 bits per heavy atom. The monoisotopic (exact) mass is 844 g/mol. The normalized spacial score (nSPS) is 13.6. The quantitative estimate of drug-likeness (QED) is 0.0363. The minimum absolute atomic E-state index is 0.00115. The van der Waals surface area contributed by atoms with Crippen LogP contribution in [0.2, 0.25) is 0 Å². The molecule has 0 aliphatic heterocycles. The molecule has 5 nitrogen and oxygen atoms in total. The smallest absolute Gasteiger partial charge is 0.222 e. The SMILES string of the molecule is CCCCCCCCCCCCC/C=C\CCCCCCCC(O)CC(=O)NC(CO)C(O)/C=C/CC/C=C/CCCCCCCCCCCCCCCCCCCCC. The number of nitrogens with one attached hydrogen (secondary N) is 1. The molecular formula is C55H105NO4. The zero-order valence-corrected chi connectivity index (χ0v) is 40.4. The van der Waals surface area contributed by atoms with Crippen molar-refractivity contribution in [2.24, 2.45) is 0 Å². The average Bonchev–Trinajstić information content (AvgIpc) is 3.24. The van der Waals surface area contributed by atoms with E-state index in [2.05, 4.69) is 43.5 Å². The zero-order chi connectivity index (χ0) is 43.7. The number of carbonyl (C=O) groups excluding carboxylic acids is 1. The molecule has 3 atom stereocenters. The van der Waals surface area contributed by atoms with Crippen LogP contribution in [0.3, 0.4) is 0 Å². The highest BCUT2D eigenvalue weighted by Gasteiger charge is 2.20. The number of hydrogen-bond acceptors (Lipinski definition) is 4. The third-order valence-corrected chi connectivity index (χ3v) is 12.4. The lowest BCUT2D eigenvalue weighted by atomic mass is 10.0. The number of rotatable bonds is 49. The maximum Gasteiger partial charge on any atom is 0.222 e. The molecule has 0 aromatic heterocycles. The minimum Gasteiger partial charge on any atom is -0.394 e. The van der Waals surface area contributed by atoms with Gasteiger partial charge in [-0.1, -0.05) is 256 Å². The van der Waals surface area contributed by atoms with Gasteiger partial charge in [-0.25, -0.2) is 0 Å². The average molecular weight is 844 g/mol. The van der Waals surface area contributed by atoms with Crippen LogP contribution in [0.5, 0.6) is 0 Å². The van der Waals surface area contributed by atoms with E-state index in [0.29, 0.717) is 6.42 Å². The minimum atomic E-state index is -0.955. The Labute approximate surface area is 374 Å². The van der Waals surface area contributed by atoms with E-state index in [0.717, 1.165) is 44.9 Å². The molecule has 0 saturated heterocycles. The van der Waals surface area contributed by atoms with Gasteiger partial charge in [-0.2, -0.15) is 0 Å². The summed E-state index contributed by atoms with van der Waals surface area (Å²) in [7, 11) is 0. The molecule has 0 rings (SSSR count). The fraction of sp³-hybridized carbons (Fsp3) is 0.873.